The number of halogens is 1. The third-order valence-electron chi connectivity index (χ3n) is 6.58. The molecule has 0 radical (unpaired) electrons. The Balaban J connectivity index is 1.63. The van der Waals surface area contributed by atoms with Gasteiger partial charge in [0.25, 0.3) is 0 Å². The SMILES string of the molecule is Cc1cc(C)cc(CC(O)(CNc2ccc3c(c2)COC3=O)CC(C)(C)c2cc(F)ccc2O)c1. The Kier molecular flexibility index (Phi) is 6.60. The van der Waals surface area contributed by atoms with Gasteiger partial charge in [0.1, 0.15) is 18.2 Å². The summed E-state index contributed by atoms with van der Waals surface area (Å²) in [6, 6.07) is 15.5. The minimum absolute atomic E-state index is 0.00129. The second-order valence-electron chi connectivity index (χ2n) is 10.4. The van der Waals surface area contributed by atoms with Gasteiger partial charge in [0.2, 0.25) is 0 Å². The molecule has 1 aliphatic rings. The summed E-state index contributed by atoms with van der Waals surface area (Å²) in [5.41, 5.74) is 3.86. The lowest BCUT2D eigenvalue weighted by Crippen LogP contribution is -2.44. The molecule has 1 atom stereocenters. The van der Waals surface area contributed by atoms with Gasteiger partial charge in [-0.3, -0.25) is 0 Å². The molecular weight excluding hydrogens is 445 g/mol. The molecule has 6 heteroatoms. The molecule has 5 nitrogen and oxygen atoms in total. The van der Waals surface area contributed by atoms with Gasteiger partial charge in [0.05, 0.1) is 11.2 Å². The van der Waals surface area contributed by atoms with Crippen LogP contribution in [0.1, 0.15) is 58.4 Å². The summed E-state index contributed by atoms with van der Waals surface area (Å²) in [5, 5.41) is 25.8. The van der Waals surface area contributed by atoms with Gasteiger partial charge in [-0.05, 0) is 67.6 Å². The number of hydrogen-bond donors (Lipinski definition) is 3. The maximum absolute atomic E-state index is 14.0. The number of cyclic esters (lactones) is 1. The molecule has 1 aliphatic heterocycles. The second kappa shape index (κ2) is 9.34. The van der Waals surface area contributed by atoms with Gasteiger partial charge in [-0.25, -0.2) is 9.18 Å². The van der Waals surface area contributed by atoms with Crippen LogP contribution >= 0.6 is 0 Å². The number of aryl methyl sites for hydroxylation is 2. The zero-order valence-electron chi connectivity index (χ0n) is 20.6. The van der Waals surface area contributed by atoms with Gasteiger partial charge in [0.15, 0.2) is 0 Å². The molecule has 1 unspecified atom stereocenters. The summed E-state index contributed by atoms with van der Waals surface area (Å²) >= 11 is 0. The van der Waals surface area contributed by atoms with Gasteiger partial charge in [-0.1, -0.05) is 43.2 Å². The van der Waals surface area contributed by atoms with E-state index in [1.165, 1.54) is 18.2 Å². The first kappa shape index (κ1) is 24.7. The summed E-state index contributed by atoms with van der Waals surface area (Å²) in [4.78, 5) is 11.8. The number of aromatic hydroxyl groups is 1. The number of carbonyl (C=O) groups is 1. The molecule has 0 aliphatic carbocycles. The Morgan fingerprint density at radius 1 is 1.03 bits per heavy atom. The van der Waals surface area contributed by atoms with Crippen LogP contribution in [0.15, 0.2) is 54.6 Å². The van der Waals surface area contributed by atoms with Crippen molar-refractivity contribution in [3.8, 4) is 5.75 Å². The fourth-order valence-electron chi connectivity index (χ4n) is 5.22. The van der Waals surface area contributed by atoms with E-state index in [1.54, 1.807) is 12.1 Å². The number of ether oxygens (including phenoxy) is 1. The zero-order valence-corrected chi connectivity index (χ0v) is 20.6. The number of esters is 1. The molecule has 0 aromatic heterocycles. The van der Waals surface area contributed by atoms with Crippen molar-refractivity contribution in [1.29, 1.82) is 0 Å². The van der Waals surface area contributed by atoms with E-state index in [4.69, 9.17) is 4.74 Å². The minimum Gasteiger partial charge on any atom is -0.508 e. The number of fused-ring (bicyclic) bond motifs is 1. The highest BCUT2D eigenvalue weighted by atomic mass is 19.1. The summed E-state index contributed by atoms with van der Waals surface area (Å²) in [7, 11) is 0. The molecule has 0 spiro atoms. The van der Waals surface area contributed by atoms with Crippen molar-refractivity contribution in [3.63, 3.8) is 0 Å². The Morgan fingerprint density at radius 2 is 1.74 bits per heavy atom. The third kappa shape index (κ3) is 5.65. The van der Waals surface area contributed by atoms with Gasteiger partial charge in [0, 0.05) is 29.8 Å². The van der Waals surface area contributed by atoms with Crippen molar-refractivity contribution >= 4 is 11.7 Å². The normalized spacial score (nSPS) is 14.9. The third-order valence-corrected chi connectivity index (χ3v) is 6.58. The quantitative estimate of drug-likeness (QED) is 0.370. The predicted molar refractivity (Wildman–Crippen MR) is 134 cm³/mol. The van der Waals surface area contributed by atoms with Crippen LogP contribution in [0.5, 0.6) is 5.75 Å². The smallest absolute Gasteiger partial charge is 0.338 e. The molecule has 0 saturated carbocycles. The molecule has 1 heterocycles. The Bertz CT molecular complexity index is 1250. The lowest BCUT2D eigenvalue weighted by atomic mass is 9.73. The van der Waals surface area contributed by atoms with Crippen molar-refractivity contribution in [2.75, 3.05) is 11.9 Å². The van der Waals surface area contributed by atoms with E-state index in [2.05, 4.69) is 23.5 Å². The van der Waals surface area contributed by atoms with Crippen LogP contribution in [0.25, 0.3) is 0 Å². The van der Waals surface area contributed by atoms with Gasteiger partial charge in [-0.15, -0.1) is 0 Å². The molecule has 0 bridgehead atoms. The van der Waals surface area contributed by atoms with Crippen molar-refractivity contribution < 1.29 is 24.1 Å². The first-order valence-electron chi connectivity index (χ1n) is 11.8. The predicted octanol–water partition coefficient (Wildman–Crippen LogP) is 5.57. The number of phenols is 1. The molecule has 3 N–H and O–H groups in total. The molecule has 3 aromatic carbocycles. The minimum atomic E-state index is -1.23. The molecule has 184 valence electrons. The Labute approximate surface area is 205 Å². The fraction of sp³-hybridized carbons (Fsp3) is 0.345. The van der Waals surface area contributed by atoms with E-state index in [0.29, 0.717) is 17.5 Å². The average Bonchev–Trinajstić information content (AvgIpc) is 3.13. The van der Waals surface area contributed by atoms with Crippen LogP contribution in [0, 0.1) is 19.7 Å². The maximum Gasteiger partial charge on any atom is 0.338 e. The monoisotopic (exact) mass is 477 g/mol. The number of anilines is 1. The highest BCUT2D eigenvalue weighted by Crippen LogP contribution is 2.39. The van der Waals surface area contributed by atoms with E-state index < -0.39 is 16.8 Å². The molecule has 0 amide bonds. The Hall–Kier alpha value is -3.38. The molecular formula is C29H32FNO4. The number of phenolic OH excluding ortho intramolecular Hbond substituents is 1. The summed E-state index contributed by atoms with van der Waals surface area (Å²) in [6.45, 7) is 8.29. The van der Waals surface area contributed by atoms with Crippen LogP contribution in [-0.4, -0.2) is 28.3 Å². The first-order valence-corrected chi connectivity index (χ1v) is 11.8. The Morgan fingerprint density at radius 3 is 2.46 bits per heavy atom. The number of benzene rings is 3. The molecule has 3 aromatic rings. The van der Waals surface area contributed by atoms with Crippen molar-refractivity contribution in [1.82, 2.24) is 0 Å². The fourth-order valence-corrected chi connectivity index (χ4v) is 5.22. The number of aliphatic hydroxyl groups is 1. The number of carbonyl (C=O) groups excluding carboxylic acids is 1. The molecule has 4 rings (SSSR count). The van der Waals surface area contributed by atoms with E-state index in [0.717, 1.165) is 27.9 Å². The summed E-state index contributed by atoms with van der Waals surface area (Å²) < 4.78 is 19.1. The topological polar surface area (TPSA) is 78.8 Å². The van der Waals surface area contributed by atoms with E-state index in [9.17, 15) is 19.4 Å². The average molecular weight is 478 g/mol. The number of rotatable bonds is 8. The van der Waals surface area contributed by atoms with E-state index >= 15 is 0 Å². The van der Waals surface area contributed by atoms with Crippen molar-refractivity contribution in [2.45, 2.75) is 58.2 Å². The van der Waals surface area contributed by atoms with Gasteiger partial charge in [-0.2, -0.15) is 0 Å². The highest BCUT2D eigenvalue weighted by Gasteiger charge is 2.37. The highest BCUT2D eigenvalue weighted by molar-refractivity contribution is 5.93. The largest absolute Gasteiger partial charge is 0.508 e. The van der Waals surface area contributed by atoms with Crippen molar-refractivity contribution in [2.24, 2.45) is 0 Å². The van der Waals surface area contributed by atoms with Crippen LogP contribution < -0.4 is 5.32 Å². The molecule has 0 saturated heterocycles. The second-order valence-corrected chi connectivity index (χ2v) is 10.4. The van der Waals surface area contributed by atoms with Crippen LogP contribution in [0.2, 0.25) is 0 Å². The summed E-state index contributed by atoms with van der Waals surface area (Å²) in [5.74, 6) is -0.757. The van der Waals surface area contributed by atoms with Gasteiger partial charge < -0.3 is 20.3 Å². The van der Waals surface area contributed by atoms with Crippen molar-refractivity contribution in [3.05, 3.63) is 93.8 Å². The van der Waals surface area contributed by atoms with Gasteiger partial charge >= 0.3 is 5.97 Å². The van der Waals surface area contributed by atoms with Crippen LogP contribution in [0.3, 0.4) is 0 Å². The van der Waals surface area contributed by atoms with E-state index in [-0.39, 0.29) is 31.3 Å². The molecule has 35 heavy (non-hydrogen) atoms. The maximum atomic E-state index is 14.0. The lowest BCUT2D eigenvalue weighted by molar-refractivity contribution is 0.0253. The van der Waals surface area contributed by atoms with Crippen LogP contribution in [0.4, 0.5) is 10.1 Å². The summed E-state index contributed by atoms with van der Waals surface area (Å²) in [6.07, 6.45) is 0.637. The standard InChI is InChI=1S/C29H32FNO4/c1-18-9-19(2)11-20(10-18)14-29(34,16-28(3,4)25-13-22(30)5-8-26(25)32)17-31-23-6-7-24-21(12-23)15-35-27(24)33/h5-13,31-32,34H,14-17H2,1-4H3. The number of nitrogens with one attached hydrogen (secondary N) is 1. The van der Waals surface area contributed by atoms with Crippen LogP contribution in [-0.2, 0) is 23.2 Å². The van der Waals surface area contributed by atoms with E-state index in [1.807, 2.05) is 33.8 Å². The molecule has 0 fully saturated rings. The first-order chi connectivity index (χ1) is 16.4. The lowest BCUT2D eigenvalue weighted by Gasteiger charge is -2.38. The zero-order chi connectivity index (χ0) is 25.4. The number of hydrogen-bond acceptors (Lipinski definition) is 5.